The lowest BCUT2D eigenvalue weighted by Gasteiger charge is -2.25. The minimum atomic E-state index is -0.349. The fourth-order valence-electron chi connectivity index (χ4n) is 3.51. The van der Waals surface area contributed by atoms with Gasteiger partial charge < -0.3 is 15.4 Å². The summed E-state index contributed by atoms with van der Waals surface area (Å²) in [5, 5.41) is 15.9. The zero-order valence-electron chi connectivity index (χ0n) is 17.8. The van der Waals surface area contributed by atoms with E-state index in [9.17, 15) is 14.9 Å². The van der Waals surface area contributed by atoms with Crippen LogP contribution in [0.5, 0.6) is 5.75 Å². The smallest absolute Gasteiger partial charge is 0.234 e. The van der Waals surface area contributed by atoms with Crippen LogP contribution in [-0.2, 0) is 9.59 Å². The largest absolute Gasteiger partial charge is 0.494 e. The Morgan fingerprint density at radius 1 is 1.23 bits per heavy atom. The maximum atomic E-state index is 12.5. The number of benzene rings is 2. The number of aryl methyl sites for hydroxylation is 2. The number of nitrogens with zero attached hydrogens (tertiary/aromatic N) is 1. The lowest BCUT2D eigenvalue weighted by Crippen LogP contribution is -2.31. The number of nitrogens with one attached hydrogen (secondary N) is 2. The van der Waals surface area contributed by atoms with Crippen molar-refractivity contribution in [2.24, 2.45) is 0 Å². The minimum Gasteiger partial charge on any atom is -0.494 e. The number of anilines is 1. The van der Waals surface area contributed by atoms with Crippen LogP contribution < -0.4 is 15.4 Å². The van der Waals surface area contributed by atoms with Crippen LogP contribution in [0.25, 0.3) is 0 Å². The highest BCUT2D eigenvalue weighted by Gasteiger charge is 2.30. The van der Waals surface area contributed by atoms with Crippen LogP contribution in [0.4, 0.5) is 5.69 Å². The van der Waals surface area contributed by atoms with Gasteiger partial charge in [0.2, 0.25) is 11.8 Å². The van der Waals surface area contributed by atoms with Gasteiger partial charge in [0.15, 0.2) is 0 Å². The van der Waals surface area contributed by atoms with E-state index in [1.54, 1.807) is 0 Å². The fraction of sp³-hybridized carbons (Fsp3) is 0.292. The molecule has 0 saturated heterocycles. The first-order valence-corrected chi connectivity index (χ1v) is 11.1. The van der Waals surface area contributed by atoms with Gasteiger partial charge in [-0.25, -0.2) is 0 Å². The normalized spacial score (nSPS) is 15.8. The Bertz CT molecular complexity index is 1030. The first-order chi connectivity index (χ1) is 14.9. The topological polar surface area (TPSA) is 91.2 Å². The molecular formula is C24H25N3O3S. The van der Waals surface area contributed by atoms with E-state index in [-0.39, 0.29) is 29.9 Å². The summed E-state index contributed by atoms with van der Waals surface area (Å²) < 4.78 is 5.47. The quantitative estimate of drug-likeness (QED) is 0.672. The van der Waals surface area contributed by atoms with Crippen LogP contribution in [0.3, 0.4) is 0 Å². The molecule has 3 rings (SSSR count). The number of allylic oxidation sites excluding steroid dienone is 1. The molecule has 2 N–H and O–H groups in total. The first kappa shape index (κ1) is 22.4. The maximum absolute atomic E-state index is 12.5. The molecule has 31 heavy (non-hydrogen) atoms. The third-order valence-electron chi connectivity index (χ3n) is 5.04. The Kier molecular flexibility index (Phi) is 7.37. The predicted molar refractivity (Wildman–Crippen MR) is 123 cm³/mol. The Morgan fingerprint density at radius 3 is 2.52 bits per heavy atom. The van der Waals surface area contributed by atoms with Crippen molar-refractivity contribution in [3.8, 4) is 11.8 Å². The summed E-state index contributed by atoms with van der Waals surface area (Å²) in [5.74, 6) is 0.121. The van der Waals surface area contributed by atoms with Crippen molar-refractivity contribution in [3.05, 3.63) is 69.8 Å². The molecular weight excluding hydrogens is 410 g/mol. The summed E-state index contributed by atoms with van der Waals surface area (Å²) in [5.41, 5.74) is 4.10. The molecule has 0 aromatic heterocycles. The predicted octanol–water partition coefficient (Wildman–Crippen LogP) is 4.41. The lowest BCUT2D eigenvalue weighted by atomic mass is 9.87. The van der Waals surface area contributed by atoms with Crippen LogP contribution in [0.15, 0.2) is 53.1 Å². The van der Waals surface area contributed by atoms with Crippen LogP contribution in [0.2, 0.25) is 0 Å². The highest BCUT2D eigenvalue weighted by molar-refractivity contribution is 8.03. The molecule has 0 unspecified atom stereocenters. The first-order valence-electron chi connectivity index (χ1n) is 10.1. The second-order valence-electron chi connectivity index (χ2n) is 7.27. The monoisotopic (exact) mass is 435 g/mol. The average molecular weight is 436 g/mol. The van der Waals surface area contributed by atoms with Gasteiger partial charge in [0.25, 0.3) is 0 Å². The number of carbonyl (C=O) groups excluding carboxylic acids is 2. The van der Waals surface area contributed by atoms with Crippen LogP contribution in [0.1, 0.15) is 36.0 Å². The molecule has 2 amide bonds. The van der Waals surface area contributed by atoms with Gasteiger partial charge in [0.05, 0.1) is 29.0 Å². The molecule has 1 aliphatic heterocycles. The number of hydrogen-bond donors (Lipinski definition) is 2. The molecule has 1 heterocycles. The van der Waals surface area contributed by atoms with Crippen molar-refractivity contribution in [2.75, 3.05) is 17.7 Å². The minimum absolute atomic E-state index is 0.0879. The number of para-hydroxylation sites is 1. The summed E-state index contributed by atoms with van der Waals surface area (Å²) in [7, 11) is 0. The molecule has 0 saturated carbocycles. The van der Waals surface area contributed by atoms with Gasteiger partial charge in [-0.2, -0.15) is 5.26 Å². The van der Waals surface area contributed by atoms with Crippen molar-refractivity contribution in [2.45, 2.75) is 33.1 Å². The standard InChI is InChI=1S/C24H25N3O3S/c1-4-30-18-10-8-17(9-11-18)19-12-21(28)27-24(20(19)13-25)31-14-22(29)26-23-15(2)6-5-7-16(23)3/h5-11,19H,4,12,14H2,1-3H3,(H,26,29)(H,27,28)/t19-/m1/s1. The molecule has 160 valence electrons. The lowest BCUT2D eigenvalue weighted by molar-refractivity contribution is -0.121. The second-order valence-corrected chi connectivity index (χ2v) is 8.25. The molecule has 7 heteroatoms. The average Bonchev–Trinajstić information content (AvgIpc) is 2.75. The molecule has 6 nitrogen and oxygen atoms in total. The number of thioether (sulfide) groups is 1. The summed E-state index contributed by atoms with van der Waals surface area (Å²) >= 11 is 1.17. The SMILES string of the molecule is CCOc1ccc([C@H]2CC(=O)NC(SCC(=O)Nc3c(C)cccc3C)=C2C#N)cc1. The van der Waals surface area contributed by atoms with E-state index in [0.717, 1.165) is 28.1 Å². The van der Waals surface area contributed by atoms with Crippen LogP contribution in [0, 0.1) is 25.2 Å². The van der Waals surface area contributed by atoms with E-state index in [4.69, 9.17) is 4.74 Å². The summed E-state index contributed by atoms with van der Waals surface area (Å²) in [6, 6.07) is 15.5. The molecule has 0 radical (unpaired) electrons. The number of nitriles is 1. The number of rotatable bonds is 7. The molecule has 0 bridgehead atoms. The van der Waals surface area contributed by atoms with Gasteiger partial charge in [-0.1, -0.05) is 42.1 Å². The highest BCUT2D eigenvalue weighted by atomic mass is 32.2. The van der Waals surface area contributed by atoms with Gasteiger partial charge in [0, 0.05) is 18.0 Å². The number of carbonyl (C=O) groups is 2. The Balaban J connectivity index is 1.76. The molecule has 1 aliphatic rings. The maximum Gasteiger partial charge on any atom is 0.234 e. The van der Waals surface area contributed by atoms with E-state index >= 15 is 0 Å². The second kappa shape index (κ2) is 10.2. The Hall–Kier alpha value is -3.24. The third-order valence-corrected chi connectivity index (χ3v) is 6.06. The van der Waals surface area contributed by atoms with Crippen molar-refractivity contribution in [1.82, 2.24) is 5.32 Å². The third kappa shape index (κ3) is 5.47. The van der Waals surface area contributed by atoms with E-state index in [2.05, 4.69) is 16.7 Å². The van der Waals surface area contributed by atoms with Crippen molar-refractivity contribution < 1.29 is 14.3 Å². The van der Waals surface area contributed by atoms with Gasteiger partial charge in [-0.15, -0.1) is 0 Å². The molecule has 2 aromatic carbocycles. The number of hydrogen-bond acceptors (Lipinski definition) is 5. The summed E-state index contributed by atoms with van der Waals surface area (Å²) in [6.07, 6.45) is 0.190. The molecule has 0 aliphatic carbocycles. The zero-order valence-corrected chi connectivity index (χ0v) is 18.6. The van der Waals surface area contributed by atoms with Gasteiger partial charge in [-0.3, -0.25) is 9.59 Å². The van der Waals surface area contributed by atoms with Crippen LogP contribution >= 0.6 is 11.8 Å². The van der Waals surface area contributed by atoms with Crippen molar-refractivity contribution in [3.63, 3.8) is 0 Å². The fourth-order valence-corrected chi connectivity index (χ4v) is 4.38. The number of amides is 2. The Labute approximate surface area is 186 Å². The summed E-state index contributed by atoms with van der Waals surface area (Å²) in [4.78, 5) is 24.8. The molecule has 0 spiro atoms. The van der Waals surface area contributed by atoms with E-state index in [0.29, 0.717) is 17.2 Å². The zero-order chi connectivity index (χ0) is 22.4. The number of ether oxygens (including phenoxy) is 1. The van der Waals surface area contributed by atoms with Crippen LogP contribution in [-0.4, -0.2) is 24.2 Å². The van der Waals surface area contributed by atoms with E-state index in [1.807, 2.05) is 63.2 Å². The molecule has 2 aromatic rings. The van der Waals surface area contributed by atoms with Crippen molar-refractivity contribution >= 4 is 29.3 Å². The molecule has 1 atom stereocenters. The highest BCUT2D eigenvalue weighted by Crippen LogP contribution is 2.36. The van der Waals surface area contributed by atoms with Crippen molar-refractivity contribution in [1.29, 1.82) is 5.26 Å². The summed E-state index contributed by atoms with van der Waals surface area (Å²) in [6.45, 7) is 6.36. The Morgan fingerprint density at radius 2 is 1.90 bits per heavy atom. The van der Waals surface area contributed by atoms with E-state index in [1.165, 1.54) is 11.8 Å². The van der Waals surface area contributed by atoms with E-state index < -0.39 is 0 Å². The molecule has 0 fully saturated rings. The van der Waals surface area contributed by atoms with Gasteiger partial charge >= 0.3 is 0 Å². The van der Waals surface area contributed by atoms with Gasteiger partial charge in [-0.05, 0) is 49.6 Å². The van der Waals surface area contributed by atoms with Gasteiger partial charge in [0.1, 0.15) is 5.75 Å².